The van der Waals surface area contributed by atoms with E-state index in [0.29, 0.717) is 24.8 Å². The van der Waals surface area contributed by atoms with Crippen molar-refractivity contribution in [2.45, 2.75) is 32.4 Å². The number of piperazine rings is 1. The van der Waals surface area contributed by atoms with Crippen LogP contribution in [0.3, 0.4) is 0 Å². The lowest BCUT2D eigenvalue weighted by atomic mass is 10.2. The van der Waals surface area contributed by atoms with Crippen LogP contribution >= 0.6 is 0 Å². The van der Waals surface area contributed by atoms with Gasteiger partial charge in [-0.15, -0.1) is 0 Å². The molecule has 24 heavy (non-hydrogen) atoms. The number of nitrogens with zero attached hydrogens (tertiary/aromatic N) is 5. The Labute approximate surface area is 140 Å². The monoisotopic (exact) mass is 336 g/mol. The maximum Gasteiger partial charge on any atom is 0.381 e. The van der Waals surface area contributed by atoms with Gasteiger partial charge in [-0.2, -0.15) is 0 Å². The molecular weight excluding hydrogens is 312 g/mol. The fourth-order valence-corrected chi connectivity index (χ4v) is 3.49. The van der Waals surface area contributed by atoms with E-state index in [2.05, 4.69) is 15.2 Å². The van der Waals surface area contributed by atoms with Crippen LogP contribution < -0.4 is 5.32 Å². The van der Waals surface area contributed by atoms with Crippen molar-refractivity contribution in [1.29, 1.82) is 0 Å². The number of amides is 1. The maximum atomic E-state index is 12.4. The Balaban J connectivity index is 1.50. The molecule has 2 fully saturated rings. The van der Waals surface area contributed by atoms with Gasteiger partial charge in [0.25, 0.3) is 0 Å². The number of imidazole rings is 1. The van der Waals surface area contributed by atoms with E-state index < -0.39 is 4.92 Å². The lowest BCUT2D eigenvalue weighted by Gasteiger charge is -2.32. The smallest absolute Gasteiger partial charge is 0.358 e. The highest BCUT2D eigenvalue weighted by Crippen LogP contribution is 2.18. The van der Waals surface area contributed by atoms with Crippen LogP contribution in [-0.4, -0.2) is 75.5 Å². The Hall–Kier alpha value is -2.00. The molecular formula is C15H24N6O3. The third-order valence-corrected chi connectivity index (χ3v) is 4.90. The molecule has 1 aromatic rings. The largest absolute Gasteiger partial charge is 0.381 e. The highest BCUT2D eigenvalue weighted by molar-refractivity contribution is 5.76. The van der Waals surface area contributed by atoms with Gasteiger partial charge in [-0.05, 0) is 16.3 Å². The lowest BCUT2D eigenvalue weighted by Crippen LogP contribution is -2.49. The molecule has 0 aromatic carbocycles. The summed E-state index contributed by atoms with van der Waals surface area (Å²) in [7, 11) is 0. The predicted octanol–water partition coefficient (Wildman–Crippen LogP) is -0.00408. The Morgan fingerprint density at radius 3 is 2.83 bits per heavy atom. The molecule has 9 heteroatoms. The molecule has 1 N–H and O–H groups in total. The average molecular weight is 336 g/mol. The summed E-state index contributed by atoms with van der Waals surface area (Å²) in [5.41, 5.74) is 0. The highest BCUT2D eigenvalue weighted by Gasteiger charge is 2.30. The van der Waals surface area contributed by atoms with E-state index in [9.17, 15) is 14.9 Å². The molecule has 0 radical (unpaired) electrons. The zero-order chi connectivity index (χ0) is 17.1. The van der Waals surface area contributed by atoms with Gasteiger partial charge < -0.3 is 24.9 Å². The van der Waals surface area contributed by atoms with Crippen LogP contribution in [0.5, 0.6) is 0 Å². The number of aromatic nitrogens is 2. The number of nitrogens with one attached hydrogen (secondary N) is 1. The van der Waals surface area contributed by atoms with E-state index in [1.807, 2.05) is 4.90 Å². The topological polar surface area (TPSA) is 96.5 Å². The zero-order valence-electron chi connectivity index (χ0n) is 14.0. The van der Waals surface area contributed by atoms with Crippen LogP contribution in [0.1, 0.15) is 18.7 Å². The molecule has 3 heterocycles. The molecule has 1 aromatic heterocycles. The quantitative estimate of drug-likeness (QED) is 0.600. The lowest BCUT2D eigenvalue weighted by molar-refractivity contribution is -0.389. The second-order valence-electron chi connectivity index (χ2n) is 6.42. The Kier molecular flexibility index (Phi) is 5.10. The van der Waals surface area contributed by atoms with E-state index in [0.717, 1.165) is 45.7 Å². The number of carbonyl (C=O) groups excluding carboxylic acids is 1. The number of aryl methyl sites for hydroxylation is 2. The highest BCUT2D eigenvalue weighted by atomic mass is 16.6. The van der Waals surface area contributed by atoms with Gasteiger partial charge in [0.2, 0.25) is 11.7 Å². The minimum absolute atomic E-state index is 0.114. The number of likely N-dealkylation sites (tertiary alicyclic amines) is 1. The first-order chi connectivity index (χ1) is 11.5. The van der Waals surface area contributed by atoms with E-state index >= 15 is 0 Å². The molecule has 1 atom stereocenters. The van der Waals surface area contributed by atoms with Gasteiger partial charge in [-0.1, -0.05) is 0 Å². The van der Waals surface area contributed by atoms with Crippen molar-refractivity contribution in [2.75, 3.05) is 39.3 Å². The van der Waals surface area contributed by atoms with Crippen molar-refractivity contribution in [3.05, 3.63) is 22.1 Å². The van der Waals surface area contributed by atoms with Crippen molar-refractivity contribution >= 4 is 11.7 Å². The SMILES string of the molecule is Cc1nc([N+](=O)[O-])cn1CCC(=O)N1CCC(N2CCNCC2)C1. The molecule has 2 aliphatic heterocycles. The van der Waals surface area contributed by atoms with E-state index in [-0.39, 0.29) is 11.7 Å². The molecule has 3 rings (SSSR count). The molecule has 9 nitrogen and oxygen atoms in total. The Bertz CT molecular complexity index is 610. The number of hydrogen-bond acceptors (Lipinski definition) is 6. The van der Waals surface area contributed by atoms with Gasteiger partial charge in [0.1, 0.15) is 6.20 Å². The van der Waals surface area contributed by atoms with Crippen molar-refractivity contribution in [2.24, 2.45) is 0 Å². The van der Waals surface area contributed by atoms with Crippen molar-refractivity contribution < 1.29 is 9.72 Å². The van der Waals surface area contributed by atoms with E-state index in [4.69, 9.17) is 0 Å². The van der Waals surface area contributed by atoms with Crippen molar-refractivity contribution in [3.8, 4) is 0 Å². The van der Waals surface area contributed by atoms with Gasteiger partial charge in [0.15, 0.2) is 0 Å². The molecule has 1 amide bonds. The maximum absolute atomic E-state index is 12.4. The summed E-state index contributed by atoms with van der Waals surface area (Å²) >= 11 is 0. The third-order valence-electron chi connectivity index (χ3n) is 4.90. The molecule has 0 saturated carbocycles. The second kappa shape index (κ2) is 7.27. The van der Waals surface area contributed by atoms with Crippen molar-refractivity contribution in [1.82, 2.24) is 24.7 Å². The summed E-state index contributed by atoms with van der Waals surface area (Å²) in [5, 5.41) is 14.1. The van der Waals surface area contributed by atoms with Gasteiger partial charge >= 0.3 is 5.82 Å². The molecule has 0 aliphatic carbocycles. The van der Waals surface area contributed by atoms with Crippen molar-refractivity contribution in [3.63, 3.8) is 0 Å². The normalized spacial score (nSPS) is 22.0. The number of nitro groups is 1. The summed E-state index contributed by atoms with van der Waals surface area (Å²) in [5.74, 6) is 0.512. The van der Waals surface area contributed by atoms with E-state index in [1.54, 1.807) is 11.5 Å². The summed E-state index contributed by atoms with van der Waals surface area (Å²) in [6.07, 6.45) is 2.78. The molecule has 1 unspecified atom stereocenters. The predicted molar refractivity (Wildman–Crippen MR) is 87.7 cm³/mol. The van der Waals surface area contributed by atoms with E-state index in [1.165, 1.54) is 6.20 Å². The number of hydrogen-bond donors (Lipinski definition) is 1. The summed E-state index contributed by atoms with van der Waals surface area (Å²) in [6.45, 7) is 7.87. The zero-order valence-corrected chi connectivity index (χ0v) is 14.0. The van der Waals surface area contributed by atoms with Crippen LogP contribution in [-0.2, 0) is 11.3 Å². The first-order valence-electron chi connectivity index (χ1n) is 8.45. The molecule has 0 bridgehead atoms. The first-order valence-corrected chi connectivity index (χ1v) is 8.45. The van der Waals surface area contributed by atoms with Gasteiger partial charge in [0, 0.05) is 65.2 Å². The van der Waals surface area contributed by atoms with Crippen LogP contribution in [0.25, 0.3) is 0 Å². The van der Waals surface area contributed by atoms with Crippen LogP contribution in [0, 0.1) is 17.0 Å². The molecule has 2 saturated heterocycles. The van der Waals surface area contributed by atoms with Crippen LogP contribution in [0.4, 0.5) is 5.82 Å². The minimum atomic E-state index is -0.510. The minimum Gasteiger partial charge on any atom is -0.358 e. The summed E-state index contributed by atoms with van der Waals surface area (Å²) in [4.78, 5) is 30.9. The number of rotatable bonds is 5. The number of carbonyl (C=O) groups is 1. The molecule has 0 spiro atoms. The first kappa shape index (κ1) is 16.8. The van der Waals surface area contributed by atoms with Gasteiger partial charge in [-0.25, -0.2) is 0 Å². The average Bonchev–Trinajstić information content (AvgIpc) is 3.21. The fraction of sp³-hybridized carbons (Fsp3) is 0.733. The summed E-state index contributed by atoms with van der Waals surface area (Å²) < 4.78 is 1.68. The fourth-order valence-electron chi connectivity index (χ4n) is 3.49. The van der Waals surface area contributed by atoms with Crippen LogP contribution in [0.2, 0.25) is 0 Å². The molecule has 132 valence electrons. The Morgan fingerprint density at radius 1 is 1.42 bits per heavy atom. The summed E-state index contributed by atoms with van der Waals surface area (Å²) in [6, 6.07) is 0.465. The van der Waals surface area contributed by atoms with Crippen LogP contribution in [0.15, 0.2) is 6.20 Å². The second-order valence-corrected chi connectivity index (χ2v) is 6.42. The third kappa shape index (κ3) is 3.73. The Morgan fingerprint density at radius 2 is 2.17 bits per heavy atom. The van der Waals surface area contributed by atoms with Gasteiger partial charge in [0.05, 0.1) is 0 Å². The molecule has 2 aliphatic rings. The van der Waals surface area contributed by atoms with Gasteiger partial charge in [-0.3, -0.25) is 9.69 Å². The standard InChI is InChI=1S/C15H24N6O3/c1-12-17-14(21(23)24)11-19(12)7-3-15(22)20-6-2-13(10-20)18-8-4-16-5-9-18/h11,13,16H,2-10H2,1H3.